The number of hydrogen-bond acceptors (Lipinski definition) is 3. The minimum absolute atomic E-state index is 0.0980. The van der Waals surface area contributed by atoms with Crippen LogP contribution in [0.1, 0.15) is 34.5 Å². The van der Waals surface area contributed by atoms with E-state index in [1.54, 1.807) is 7.11 Å². The monoisotopic (exact) mass is 374 g/mol. The van der Waals surface area contributed by atoms with Crippen molar-refractivity contribution in [3.63, 3.8) is 0 Å². The molecule has 1 fully saturated rings. The molecule has 28 heavy (non-hydrogen) atoms. The summed E-state index contributed by atoms with van der Waals surface area (Å²) in [7, 11) is 1.65. The fraction of sp³-hybridized carbons (Fsp3) is 0.333. The van der Waals surface area contributed by atoms with Crippen LogP contribution in [-0.2, 0) is 6.42 Å². The number of pyridine rings is 1. The quantitative estimate of drug-likeness (QED) is 0.668. The topological polar surface area (TPSA) is 42.4 Å². The van der Waals surface area contributed by atoms with Crippen LogP contribution in [0.2, 0.25) is 0 Å². The van der Waals surface area contributed by atoms with Crippen molar-refractivity contribution in [3.05, 3.63) is 71.4 Å². The highest BCUT2D eigenvalue weighted by molar-refractivity contribution is 5.98. The number of ether oxygens (including phenoxy) is 1. The molecule has 0 bridgehead atoms. The average molecular weight is 374 g/mol. The molecule has 1 amide bonds. The van der Waals surface area contributed by atoms with E-state index < -0.39 is 0 Å². The molecule has 4 heteroatoms. The van der Waals surface area contributed by atoms with E-state index in [9.17, 15) is 4.79 Å². The standard InChI is InChI=1S/C24H26N2O2/c1-17-22(15-20-8-9-21(28-2)16-23(20)25-17)24(27)26-12-10-19(11-13-26)14-18-6-4-3-5-7-18/h3-9,15-16,19H,10-14H2,1-2H3. The molecule has 2 heterocycles. The van der Waals surface area contributed by atoms with Crippen LogP contribution in [0, 0.1) is 12.8 Å². The average Bonchev–Trinajstić information content (AvgIpc) is 2.73. The zero-order chi connectivity index (χ0) is 19.5. The molecule has 0 atom stereocenters. The van der Waals surface area contributed by atoms with Crippen molar-refractivity contribution in [1.82, 2.24) is 9.88 Å². The number of aromatic nitrogens is 1. The van der Waals surface area contributed by atoms with Crippen molar-refractivity contribution >= 4 is 16.8 Å². The van der Waals surface area contributed by atoms with Crippen LogP contribution in [0.3, 0.4) is 0 Å². The molecule has 144 valence electrons. The van der Waals surface area contributed by atoms with Gasteiger partial charge >= 0.3 is 0 Å². The first-order chi connectivity index (χ1) is 13.6. The molecule has 1 aliphatic heterocycles. The van der Waals surface area contributed by atoms with Gasteiger partial charge in [0.15, 0.2) is 0 Å². The second-order valence-electron chi connectivity index (χ2n) is 7.61. The number of rotatable bonds is 4. The molecule has 4 rings (SSSR count). The molecular formula is C24H26N2O2. The highest BCUT2D eigenvalue weighted by Gasteiger charge is 2.25. The number of carbonyl (C=O) groups is 1. The van der Waals surface area contributed by atoms with Crippen LogP contribution in [0.4, 0.5) is 0 Å². The fourth-order valence-corrected chi connectivity index (χ4v) is 4.04. The van der Waals surface area contributed by atoms with Gasteiger partial charge in [-0.2, -0.15) is 0 Å². The number of likely N-dealkylation sites (tertiary alicyclic amines) is 1. The zero-order valence-electron chi connectivity index (χ0n) is 16.5. The molecule has 3 aromatic rings. The van der Waals surface area contributed by atoms with Gasteiger partial charge in [-0.1, -0.05) is 30.3 Å². The Bertz CT molecular complexity index is 977. The Hall–Kier alpha value is -2.88. The Kier molecular flexibility index (Phi) is 5.29. The summed E-state index contributed by atoms with van der Waals surface area (Å²) in [6, 6.07) is 18.4. The summed E-state index contributed by atoms with van der Waals surface area (Å²) in [6.45, 7) is 3.54. The molecule has 2 aromatic carbocycles. The summed E-state index contributed by atoms with van der Waals surface area (Å²) in [4.78, 5) is 19.7. The number of hydrogen-bond donors (Lipinski definition) is 0. The lowest BCUT2D eigenvalue weighted by atomic mass is 9.90. The van der Waals surface area contributed by atoms with Crippen LogP contribution in [-0.4, -0.2) is 36.0 Å². The van der Waals surface area contributed by atoms with Crippen LogP contribution in [0.15, 0.2) is 54.6 Å². The summed E-state index contributed by atoms with van der Waals surface area (Å²) in [5.74, 6) is 1.52. The number of amides is 1. The Balaban J connectivity index is 1.45. The SMILES string of the molecule is COc1ccc2cc(C(=O)N3CCC(Cc4ccccc4)CC3)c(C)nc2c1. The Morgan fingerprint density at radius 2 is 1.86 bits per heavy atom. The van der Waals surface area contributed by atoms with E-state index >= 15 is 0 Å². The summed E-state index contributed by atoms with van der Waals surface area (Å²) in [5, 5.41) is 0.966. The minimum atomic E-state index is 0.0980. The molecule has 1 aliphatic rings. The second-order valence-corrected chi connectivity index (χ2v) is 7.61. The van der Waals surface area contributed by atoms with Gasteiger partial charge in [0, 0.05) is 24.5 Å². The molecule has 0 N–H and O–H groups in total. The first-order valence-corrected chi connectivity index (χ1v) is 9.92. The summed E-state index contributed by atoms with van der Waals surface area (Å²) < 4.78 is 5.27. The van der Waals surface area contributed by atoms with Crippen molar-refractivity contribution in [2.75, 3.05) is 20.2 Å². The van der Waals surface area contributed by atoms with Crippen molar-refractivity contribution in [3.8, 4) is 5.75 Å². The van der Waals surface area contributed by atoms with Gasteiger partial charge in [0.05, 0.1) is 23.9 Å². The maximum absolute atomic E-state index is 13.1. The number of methoxy groups -OCH3 is 1. The maximum atomic E-state index is 13.1. The summed E-state index contributed by atoms with van der Waals surface area (Å²) >= 11 is 0. The fourth-order valence-electron chi connectivity index (χ4n) is 4.04. The Labute approximate surface area is 166 Å². The normalized spacial score (nSPS) is 15.0. The summed E-state index contributed by atoms with van der Waals surface area (Å²) in [6.07, 6.45) is 3.21. The van der Waals surface area contributed by atoms with E-state index in [4.69, 9.17) is 4.74 Å². The van der Waals surface area contributed by atoms with Crippen LogP contribution in [0.5, 0.6) is 5.75 Å². The van der Waals surface area contributed by atoms with Crippen LogP contribution < -0.4 is 4.74 Å². The zero-order valence-corrected chi connectivity index (χ0v) is 16.5. The lowest BCUT2D eigenvalue weighted by Gasteiger charge is -2.32. The first-order valence-electron chi connectivity index (χ1n) is 9.92. The van der Waals surface area contributed by atoms with Gasteiger partial charge in [-0.05, 0) is 55.9 Å². The van der Waals surface area contributed by atoms with Gasteiger partial charge in [-0.15, -0.1) is 0 Å². The molecular weight excluding hydrogens is 348 g/mol. The van der Waals surface area contributed by atoms with E-state index in [0.717, 1.165) is 54.7 Å². The predicted molar refractivity (Wildman–Crippen MR) is 112 cm³/mol. The second kappa shape index (κ2) is 8.01. The van der Waals surface area contributed by atoms with E-state index in [-0.39, 0.29) is 5.91 Å². The third-order valence-corrected chi connectivity index (χ3v) is 5.71. The number of nitrogens with zero attached hydrogens (tertiary/aromatic N) is 2. The smallest absolute Gasteiger partial charge is 0.255 e. The molecule has 0 saturated carbocycles. The number of fused-ring (bicyclic) bond motifs is 1. The third-order valence-electron chi connectivity index (χ3n) is 5.71. The van der Waals surface area contributed by atoms with Crippen molar-refractivity contribution < 1.29 is 9.53 Å². The molecule has 1 saturated heterocycles. The molecule has 1 aromatic heterocycles. The Morgan fingerprint density at radius 1 is 1.11 bits per heavy atom. The van der Waals surface area contributed by atoms with Gasteiger partial charge in [-0.3, -0.25) is 9.78 Å². The molecule has 0 unspecified atom stereocenters. The molecule has 4 nitrogen and oxygen atoms in total. The highest BCUT2D eigenvalue weighted by Crippen LogP contribution is 2.26. The van der Waals surface area contributed by atoms with E-state index in [0.29, 0.717) is 11.5 Å². The molecule has 0 spiro atoms. The largest absolute Gasteiger partial charge is 0.497 e. The van der Waals surface area contributed by atoms with Gasteiger partial charge < -0.3 is 9.64 Å². The highest BCUT2D eigenvalue weighted by atomic mass is 16.5. The molecule has 0 radical (unpaired) electrons. The first kappa shape index (κ1) is 18.5. The van der Waals surface area contributed by atoms with Gasteiger partial charge in [0.2, 0.25) is 0 Å². The van der Waals surface area contributed by atoms with E-state index in [1.807, 2.05) is 36.1 Å². The van der Waals surface area contributed by atoms with E-state index in [2.05, 4.69) is 35.3 Å². The maximum Gasteiger partial charge on any atom is 0.255 e. The number of piperidine rings is 1. The van der Waals surface area contributed by atoms with Crippen LogP contribution >= 0.6 is 0 Å². The number of carbonyl (C=O) groups excluding carboxylic acids is 1. The van der Waals surface area contributed by atoms with Gasteiger partial charge in [0.25, 0.3) is 5.91 Å². The summed E-state index contributed by atoms with van der Waals surface area (Å²) in [5.41, 5.74) is 3.73. The minimum Gasteiger partial charge on any atom is -0.497 e. The lowest BCUT2D eigenvalue weighted by Crippen LogP contribution is -2.39. The van der Waals surface area contributed by atoms with Gasteiger partial charge in [0.1, 0.15) is 5.75 Å². The lowest BCUT2D eigenvalue weighted by molar-refractivity contribution is 0.0689. The van der Waals surface area contributed by atoms with Crippen molar-refractivity contribution in [1.29, 1.82) is 0 Å². The van der Waals surface area contributed by atoms with Crippen LogP contribution in [0.25, 0.3) is 10.9 Å². The number of benzene rings is 2. The molecule has 0 aliphatic carbocycles. The Morgan fingerprint density at radius 3 is 2.57 bits per heavy atom. The van der Waals surface area contributed by atoms with Crippen molar-refractivity contribution in [2.24, 2.45) is 5.92 Å². The number of aryl methyl sites for hydroxylation is 1. The van der Waals surface area contributed by atoms with Gasteiger partial charge in [-0.25, -0.2) is 0 Å². The third kappa shape index (κ3) is 3.86. The van der Waals surface area contributed by atoms with E-state index in [1.165, 1.54) is 5.56 Å². The predicted octanol–water partition coefficient (Wildman–Crippen LogP) is 4.65. The van der Waals surface area contributed by atoms with Crippen molar-refractivity contribution in [2.45, 2.75) is 26.2 Å².